The lowest BCUT2D eigenvalue weighted by Gasteiger charge is -1.93. The van der Waals surface area contributed by atoms with E-state index in [1.165, 1.54) is 0 Å². The van der Waals surface area contributed by atoms with Gasteiger partial charge in [-0.15, -0.1) is 12.3 Å². The smallest absolute Gasteiger partial charge is 0.118 e. The van der Waals surface area contributed by atoms with Crippen LogP contribution in [0.2, 0.25) is 0 Å². The summed E-state index contributed by atoms with van der Waals surface area (Å²) in [5.41, 5.74) is 0. The average molecular weight is 162 g/mol. The lowest BCUT2D eigenvalue weighted by Crippen LogP contribution is -1.78. The van der Waals surface area contributed by atoms with Crippen molar-refractivity contribution >= 4 is 0 Å². The molecule has 0 radical (unpaired) electrons. The molecule has 1 heteroatoms. The van der Waals surface area contributed by atoms with Gasteiger partial charge in [0.15, 0.2) is 0 Å². The number of rotatable bonds is 1. The number of para-hydroxylation sites is 1. The van der Waals surface area contributed by atoms with E-state index < -0.39 is 0 Å². The van der Waals surface area contributed by atoms with Gasteiger partial charge in [0.05, 0.1) is 7.11 Å². The lowest BCUT2D eigenvalue weighted by atomic mass is 10.3. The van der Waals surface area contributed by atoms with E-state index in [-0.39, 0.29) is 0 Å². The fourth-order valence-electron chi connectivity index (χ4n) is 0.557. The van der Waals surface area contributed by atoms with Crippen molar-refractivity contribution in [3.8, 4) is 18.1 Å². The van der Waals surface area contributed by atoms with Crippen molar-refractivity contribution in [1.29, 1.82) is 0 Å². The van der Waals surface area contributed by atoms with Crippen molar-refractivity contribution in [2.24, 2.45) is 0 Å². The summed E-state index contributed by atoms with van der Waals surface area (Å²) in [4.78, 5) is 0. The largest absolute Gasteiger partial charge is 0.497 e. The number of ether oxygens (including phenoxy) is 1. The number of hydrogen-bond donors (Lipinski definition) is 0. The van der Waals surface area contributed by atoms with E-state index in [2.05, 4.69) is 5.92 Å². The van der Waals surface area contributed by atoms with Crippen molar-refractivity contribution in [2.45, 2.75) is 13.3 Å². The Bertz CT molecular complexity index is 221. The molecule has 1 aromatic carbocycles. The fourth-order valence-corrected chi connectivity index (χ4v) is 0.557. The summed E-state index contributed by atoms with van der Waals surface area (Å²) in [6, 6.07) is 9.68. The molecule has 0 bridgehead atoms. The number of hydrogen-bond acceptors (Lipinski definition) is 1. The van der Waals surface area contributed by atoms with Crippen LogP contribution in [0.15, 0.2) is 30.3 Å². The third kappa shape index (κ3) is 5.37. The molecular formula is C11H14O. The molecule has 1 nitrogen and oxygen atoms in total. The highest BCUT2D eigenvalue weighted by Crippen LogP contribution is 2.05. The predicted molar refractivity (Wildman–Crippen MR) is 52.1 cm³/mol. The van der Waals surface area contributed by atoms with Gasteiger partial charge in [-0.2, -0.15) is 0 Å². The molecule has 0 heterocycles. The van der Waals surface area contributed by atoms with E-state index in [1.54, 1.807) is 7.11 Å². The molecule has 0 unspecified atom stereocenters. The zero-order valence-corrected chi connectivity index (χ0v) is 7.58. The van der Waals surface area contributed by atoms with Crippen LogP contribution in [0.3, 0.4) is 0 Å². The summed E-state index contributed by atoms with van der Waals surface area (Å²) in [6.07, 6.45) is 5.62. The molecule has 0 atom stereocenters. The maximum atomic E-state index is 4.91. The molecule has 1 aromatic rings. The second kappa shape index (κ2) is 7.68. The molecule has 0 spiro atoms. The standard InChI is InChI=1S/C7H8O.C4H6/c1-8-7-5-3-2-4-6-7;1-3-4-2/h2-6H,1H3;1H,4H2,2H3. The monoisotopic (exact) mass is 162 g/mol. The highest BCUT2D eigenvalue weighted by molar-refractivity contribution is 5.20. The van der Waals surface area contributed by atoms with Crippen LogP contribution >= 0.6 is 0 Å². The molecule has 0 aliphatic rings. The average Bonchev–Trinajstić information content (AvgIpc) is 2.19. The van der Waals surface area contributed by atoms with Crippen LogP contribution in [-0.4, -0.2) is 7.11 Å². The molecule has 0 aliphatic heterocycles. The quantitative estimate of drug-likeness (QED) is 0.577. The van der Waals surface area contributed by atoms with Gasteiger partial charge in [-0.1, -0.05) is 25.1 Å². The van der Waals surface area contributed by atoms with Gasteiger partial charge >= 0.3 is 0 Å². The maximum absolute atomic E-state index is 4.91. The molecule has 0 saturated carbocycles. The Balaban J connectivity index is 0.000000261. The zero-order valence-electron chi connectivity index (χ0n) is 7.58. The molecule has 0 amide bonds. The summed E-state index contributed by atoms with van der Waals surface area (Å²) >= 11 is 0. The van der Waals surface area contributed by atoms with Crippen LogP contribution < -0.4 is 4.74 Å². The van der Waals surface area contributed by atoms with Gasteiger partial charge in [-0.25, -0.2) is 0 Å². The first-order valence-electron chi connectivity index (χ1n) is 3.87. The van der Waals surface area contributed by atoms with E-state index in [9.17, 15) is 0 Å². The summed E-state index contributed by atoms with van der Waals surface area (Å²) in [5, 5.41) is 0. The highest BCUT2D eigenvalue weighted by atomic mass is 16.5. The first kappa shape index (κ1) is 10.6. The van der Waals surface area contributed by atoms with Crippen molar-refractivity contribution in [3.63, 3.8) is 0 Å². The van der Waals surface area contributed by atoms with Gasteiger partial charge in [0.25, 0.3) is 0 Å². The van der Waals surface area contributed by atoms with Crippen LogP contribution in [0.1, 0.15) is 13.3 Å². The van der Waals surface area contributed by atoms with E-state index in [1.807, 2.05) is 37.3 Å². The predicted octanol–water partition coefficient (Wildman–Crippen LogP) is 2.72. The van der Waals surface area contributed by atoms with Crippen LogP contribution in [0.4, 0.5) is 0 Å². The van der Waals surface area contributed by atoms with Gasteiger partial charge in [0, 0.05) is 6.42 Å². The van der Waals surface area contributed by atoms with Gasteiger partial charge in [-0.05, 0) is 12.1 Å². The number of terminal acetylenes is 1. The maximum Gasteiger partial charge on any atom is 0.118 e. The molecule has 0 aromatic heterocycles. The Labute approximate surface area is 74.4 Å². The molecule has 0 saturated heterocycles. The summed E-state index contributed by atoms with van der Waals surface area (Å²) in [6.45, 7) is 1.94. The van der Waals surface area contributed by atoms with E-state index in [0.717, 1.165) is 12.2 Å². The summed E-state index contributed by atoms with van der Waals surface area (Å²) in [7, 11) is 1.66. The number of benzene rings is 1. The Morgan fingerprint density at radius 3 is 2.08 bits per heavy atom. The molecule has 1 rings (SSSR count). The molecule has 0 N–H and O–H groups in total. The molecule has 64 valence electrons. The number of methoxy groups -OCH3 is 1. The second-order valence-electron chi connectivity index (χ2n) is 2.07. The van der Waals surface area contributed by atoms with E-state index >= 15 is 0 Å². The lowest BCUT2D eigenvalue weighted by molar-refractivity contribution is 0.415. The minimum Gasteiger partial charge on any atom is -0.497 e. The van der Waals surface area contributed by atoms with E-state index in [0.29, 0.717) is 0 Å². The van der Waals surface area contributed by atoms with Gasteiger partial charge < -0.3 is 4.74 Å². The van der Waals surface area contributed by atoms with Crippen molar-refractivity contribution < 1.29 is 4.74 Å². The second-order valence-corrected chi connectivity index (χ2v) is 2.07. The Morgan fingerprint density at radius 2 is 1.83 bits per heavy atom. The third-order valence-electron chi connectivity index (χ3n) is 1.18. The first-order chi connectivity index (χ1) is 5.85. The third-order valence-corrected chi connectivity index (χ3v) is 1.18. The van der Waals surface area contributed by atoms with Gasteiger partial charge in [0.1, 0.15) is 5.75 Å². The van der Waals surface area contributed by atoms with Crippen LogP contribution in [0.5, 0.6) is 5.75 Å². The summed E-state index contributed by atoms with van der Waals surface area (Å²) in [5.74, 6) is 3.34. The molecule has 12 heavy (non-hydrogen) atoms. The first-order valence-corrected chi connectivity index (χ1v) is 3.87. The van der Waals surface area contributed by atoms with Gasteiger partial charge in [0.2, 0.25) is 0 Å². The topological polar surface area (TPSA) is 9.23 Å². The van der Waals surface area contributed by atoms with Crippen LogP contribution in [-0.2, 0) is 0 Å². The van der Waals surface area contributed by atoms with Crippen molar-refractivity contribution in [3.05, 3.63) is 30.3 Å². The van der Waals surface area contributed by atoms with Gasteiger partial charge in [-0.3, -0.25) is 0 Å². The SMILES string of the molecule is C#CCC.COc1ccccc1. The fraction of sp³-hybridized carbons (Fsp3) is 0.273. The van der Waals surface area contributed by atoms with Crippen LogP contribution in [0.25, 0.3) is 0 Å². The Hall–Kier alpha value is -1.42. The molecular weight excluding hydrogens is 148 g/mol. The minimum absolute atomic E-state index is 0.847. The van der Waals surface area contributed by atoms with Crippen LogP contribution in [0, 0.1) is 12.3 Å². The zero-order chi connectivity index (χ0) is 9.23. The molecule has 0 aliphatic carbocycles. The van der Waals surface area contributed by atoms with E-state index in [4.69, 9.17) is 11.2 Å². The Morgan fingerprint density at radius 1 is 1.33 bits per heavy atom. The Kier molecular flexibility index (Phi) is 6.78. The van der Waals surface area contributed by atoms with Crippen molar-refractivity contribution in [1.82, 2.24) is 0 Å². The normalized spacial score (nSPS) is 7.42. The minimum atomic E-state index is 0.847. The highest BCUT2D eigenvalue weighted by Gasteiger charge is 1.80. The summed E-state index contributed by atoms with van der Waals surface area (Å²) < 4.78 is 4.91. The molecule has 0 fully saturated rings. The van der Waals surface area contributed by atoms with Crippen molar-refractivity contribution in [2.75, 3.05) is 7.11 Å².